The number of nitrogens with zero attached hydrogens (tertiary/aromatic N) is 2. The normalized spacial score (nSPS) is 15.6. The van der Waals surface area contributed by atoms with Crippen LogP contribution < -0.4 is 0 Å². The molecule has 0 atom stereocenters. The van der Waals surface area contributed by atoms with Gasteiger partial charge in [-0.3, -0.25) is 4.79 Å². The first-order chi connectivity index (χ1) is 8.63. The lowest BCUT2D eigenvalue weighted by molar-refractivity contribution is 0.0714. The van der Waals surface area contributed by atoms with Crippen LogP contribution in [0.25, 0.3) is 0 Å². The minimum absolute atomic E-state index is 0.0321. The predicted molar refractivity (Wildman–Crippen MR) is 72.7 cm³/mol. The van der Waals surface area contributed by atoms with E-state index < -0.39 is 0 Å². The fourth-order valence-electron chi connectivity index (χ4n) is 2.48. The van der Waals surface area contributed by atoms with Gasteiger partial charge in [-0.1, -0.05) is 12.8 Å². The van der Waals surface area contributed by atoms with Gasteiger partial charge in [0.15, 0.2) is 0 Å². The Hall–Kier alpha value is -1.34. The highest BCUT2D eigenvalue weighted by molar-refractivity contribution is 7.14. The highest BCUT2D eigenvalue weighted by atomic mass is 32.1. The minimum Gasteiger partial charge on any atom is -0.322 e. The molecule has 1 heterocycles. The van der Waals surface area contributed by atoms with Crippen molar-refractivity contribution in [2.45, 2.75) is 45.6 Å². The van der Waals surface area contributed by atoms with Crippen molar-refractivity contribution in [3.63, 3.8) is 0 Å². The maximum absolute atomic E-state index is 12.5. The predicted octanol–water partition coefficient (Wildman–Crippen LogP) is 3.27. The van der Waals surface area contributed by atoms with E-state index in [-0.39, 0.29) is 18.5 Å². The van der Waals surface area contributed by atoms with Gasteiger partial charge in [0.05, 0.1) is 10.9 Å². The third kappa shape index (κ3) is 2.56. The molecule has 3 nitrogen and oxygen atoms in total. The van der Waals surface area contributed by atoms with E-state index >= 15 is 0 Å². The largest absolute Gasteiger partial charge is 0.322 e. The van der Waals surface area contributed by atoms with Crippen LogP contribution in [0.5, 0.6) is 0 Å². The van der Waals surface area contributed by atoms with Gasteiger partial charge in [-0.05, 0) is 38.3 Å². The van der Waals surface area contributed by atoms with Crippen molar-refractivity contribution in [2.24, 2.45) is 0 Å². The van der Waals surface area contributed by atoms with Gasteiger partial charge in [0.1, 0.15) is 6.54 Å². The first kappa shape index (κ1) is 13.1. The third-order valence-corrected chi connectivity index (χ3v) is 4.78. The molecule has 4 heteroatoms. The van der Waals surface area contributed by atoms with E-state index in [2.05, 4.69) is 6.07 Å². The lowest BCUT2D eigenvalue weighted by Crippen LogP contribution is -2.38. The molecule has 96 valence electrons. The molecule has 0 aliphatic heterocycles. The quantitative estimate of drug-likeness (QED) is 0.785. The number of rotatable bonds is 3. The number of carbonyl (C=O) groups excluding carboxylic acids is 1. The summed E-state index contributed by atoms with van der Waals surface area (Å²) in [5, 5.41) is 8.91. The highest BCUT2D eigenvalue weighted by Crippen LogP contribution is 2.27. The van der Waals surface area contributed by atoms with Gasteiger partial charge in [0.2, 0.25) is 0 Å². The molecular weight excluding hydrogens is 244 g/mol. The number of hydrogen-bond donors (Lipinski definition) is 0. The van der Waals surface area contributed by atoms with Gasteiger partial charge >= 0.3 is 0 Å². The van der Waals surface area contributed by atoms with Gasteiger partial charge in [-0.25, -0.2) is 0 Å². The van der Waals surface area contributed by atoms with E-state index in [1.54, 1.807) is 4.90 Å². The first-order valence-corrected chi connectivity index (χ1v) is 7.20. The van der Waals surface area contributed by atoms with Crippen LogP contribution in [-0.4, -0.2) is 23.4 Å². The molecule has 0 unspecified atom stereocenters. The van der Waals surface area contributed by atoms with E-state index in [1.165, 1.54) is 29.1 Å². The summed E-state index contributed by atoms with van der Waals surface area (Å²) in [6.45, 7) is 4.26. The summed E-state index contributed by atoms with van der Waals surface area (Å²) in [4.78, 5) is 16.2. The zero-order valence-corrected chi connectivity index (χ0v) is 11.7. The van der Waals surface area contributed by atoms with Crippen LogP contribution in [-0.2, 0) is 0 Å². The van der Waals surface area contributed by atoms with Crippen LogP contribution in [0.1, 0.15) is 45.8 Å². The molecule has 2 rings (SSSR count). The molecule has 1 aromatic rings. The molecule has 0 saturated heterocycles. The molecule has 1 amide bonds. The molecular formula is C14H18N2OS. The van der Waals surface area contributed by atoms with E-state index in [4.69, 9.17) is 5.26 Å². The Balaban J connectivity index is 2.20. The molecule has 0 N–H and O–H groups in total. The Morgan fingerprint density at radius 3 is 2.67 bits per heavy atom. The van der Waals surface area contributed by atoms with E-state index in [9.17, 15) is 4.79 Å². The molecule has 1 aromatic heterocycles. The summed E-state index contributed by atoms with van der Waals surface area (Å²) in [5.74, 6) is 0.0321. The lowest BCUT2D eigenvalue weighted by Gasteiger charge is -2.25. The standard InChI is InChI=1S/C14H18N2OS/c1-10-9-13(18-11(10)2)14(17)16(8-7-15)12-5-3-4-6-12/h9,12H,3-6,8H2,1-2H3. The van der Waals surface area contributed by atoms with Crippen LogP contribution in [0.2, 0.25) is 0 Å². The SMILES string of the molecule is Cc1cc(C(=O)N(CC#N)C2CCCC2)sc1C. The second-order valence-corrected chi connectivity index (χ2v) is 6.14. The number of thiophene rings is 1. The molecule has 1 aliphatic rings. The summed E-state index contributed by atoms with van der Waals surface area (Å²) < 4.78 is 0. The summed E-state index contributed by atoms with van der Waals surface area (Å²) in [7, 11) is 0. The maximum Gasteiger partial charge on any atom is 0.265 e. The zero-order valence-electron chi connectivity index (χ0n) is 10.9. The molecule has 1 fully saturated rings. The lowest BCUT2D eigenvalue weighted by atomic mass is 10.2. The van der Waals surface area contributed by atoms with Crippen molar-refractivity contribution in [3.05, 3.63) is 21.4 Å². The fraction of sp³-hybridized carbons (Fsp3) is 0.571. The molecule has 1 aliphatic carbocycles. The minimum atomic E-state index is 0.0321. The Labute approximate surface area is 112 Å². The van der Waals surface area contributed by atoms with Gasteiger partial charge in [0, 0.05) is 10.9 Å². The summed E-state index contributed by atoms with van der Waals surface area (Å²) in [5.41, 5.74) is 1.16. The second-order valence-electron chi connectivity index (χ2n) is 4.88. The zero-order chi connectivity index (χ0) is 13.1. The van der Waals surface area contributed by atoms with E-state index in [1.807, 2.05) is 19.9 Å². The molecule has 1 saturated carbocycles. The van der Waals surface area contributed by atoms with Gasteiger partial charge in [0.25, 0.3) is 5.91 Å². The maximum atomic E-state index is 12.5. The van der Waals surface area contributed by atoms with E-state index in [0.717, 1.165) is 23.3 Å². The third-order valence-electron chi connectivity index (χ3n) is 3.64. The Bertz CT molecular complexity index is 461. The number of aryl methyl sites for hydroxylation is 2. The fourth-order valence-corrected chi connectivity index (χ4v) is 3.47. The monoisotopic (exact) mass is 262 g/mol. The van der Waals surface area contributed by atoms with Gasteiger partial charge in [-0.15, -0.1) is 11.3 Å². The van der Waals surface area contributed by atoms with Crippen molar-refractivity contribution >= 4 is 17.2 Å². The van der Waals surface area contributed by atoms with Crippen molar-refractivity contribution in [2.75, 3.05) is 6.54 Å². The Kier molecular flexibility index (Phi) is 4.03. The number of carbonyl (C=O) groups is 1. The van der Waals surface area contributed by atoms with Crippen molar-refractivity contribution in [1.29, 1.82) is 5.26 Å². The van der Waals surface area contributed by atoms with Crippen LogP contribution >= 0.6 is 11.3 Å². The van der Waals surface area contributed by atoms with E-state index in [0.29, 0.717) is 0 Å². The number of nitriles is 1. The second kappa shape index (κ2) is 5.53. The first-order valence-electron chi connectivity index (χ1n) is 6.38. The molecule has 0 spiro atoms. The average molecular weight is 262 g/mol. The average Bonchev–Trinajstić information content (AvgIpc) is 2.97. The van der Waals surface area contributed by atoms with Crippen molar-refractivity contribution < 1.29 is 4.79 Å². The highest BCUT2D eigenvalue weighted by Gasteiger charge is 2.28. The smallest absolute Gasteiger partial charge is 0.265 e. The molecule has 0 bridgehead atoms. The summed E-state index contributed by atoms with van der Waals surface area (Å²) in [6, 6.07) is 4.34. The van der Waals surface area contributed by atoms with Gasteiger partial charge < -0.3 is 4.90 Å². The molecule has 0 radical (unpaired) electrons. The number of amides is 1. The van der Waals surface area contributed by atoms with Crippen LogP contribution in [0.3, 0.4) is 0 Å². The van der Waals surface area contributed by atoms with Crippen LogP contribution in [0.4, 0.5) is 0 Å². The summed E-state index contributed by atoms with van der Waals surface area (Å²) >= 11 is 1.53. The molecule has 18 heavy (non-hydrogen) atoms. The summed E-state index contributed by atoms with van der Waals surface area (Å²) in [6.07, 6.45) is 4.41. The van der Waals surface area contributed by atoms with Gasteiger partial charge in [-0.2, -0.15) is 5.26 Å². The van der Waals surface area contributed by atoms with Crippen molar-refractivity contribution in [3.8, 4) is 6.07 Å². The topological polar surface area (TPSA) is 44.1 Å². The Morgan fingerprint density at radius 2 is 2.17 bits per heavy atom. The molecule has 0 aromatic carbocycles. The Morgan fingerprint density at radius 1 is 1.50 bits per heavy atom. The number of hydrogen-bond acceptors (Lipinski definition) is 3. The van der Waals surface area contributed by atoms with Crippen molar-refractivity contribution in [1.82, 2.24) is 4.90 Å². The van der Waals surface area contributed by atoms with Crippen LogP contribution in [0, 0.1) is 25.2 Å². The van der Waals surface area contributed by atoms with Crippen LogP contribution in [0.15, 0.2) is 6.07 Å².